The highest BCUT2D eigenvalue weighted by atomic mass is 79.9. The third kappa shape index (κ3) is 3.03. The van der Waals surface area contributed by atoms with Crippen LogP contribution in [0.2, 0.25) is 0 Å². The number of carbonyl (C=O) groups excluding carboxylic acids is 1. The van der Waals surface area contributed by atoms with Crippen molar-refractivity contribution in [2.45, 2.75) is 26.2 Å². The molecule has 0 aliphatic carbocycles. The van der Waals surface area contributed by atoms with Gasteiger partial charge in [-0.3, -0.25) is 4.79 Å². The van der Waals surface area contributed by atoms with Gasteiger partial charge in [-0.1, -0.05) is 46.4 Å². The molecular weight excluding hydrogens is 312 g/mol. The molecule has 18 heavy (non-hydrogen) atoms. The zero-order valence-electron chi connectivity index (χ0n) is 10.2. The SMILES string of the molecule is CC(C)c1nnsc1C(=O)Cc1cccc(Br)c1. The number of Topliss-reactive ketones (excluding diaryl/α,β-unsaturated/α-hetero) is 1. The molecule has 0 amide bonds. The molecule has 1 aromatic carbocycles. The van der Waals surface area contributed by atoms with Crippen molar-refractivity contribution in [2.24, 2.45) is 0 Å². The standard InChI is InChI=1S/C13H13BrN2OS/c1-8(2)12-13(18-16-15-12)11(17)7-9-4-3-5-10(14)6-9/h3-6,8H,7H2,1-2H3. The average molecular weight is 325 g/mol. The highest BCUT2D eigenvalue weighted by Gasteiger charge is 2.18. The second-order valence-electron chi connectivity index (χ2n) is 4.37. The Morgan fingerprint density at radius 3 is 2.89 bits per heavy atom. The molecule has 0 saturated heterocycles. The smallest absolute Gasteiger partial charge is 0.180 e. The maximum Gasteiger partial charge on any atom is 0.180 e. The van der Waals surface area contributed by atoms with Gasteiger partial charge in [0, 0.05) is 10.9 Å². The highest BCUT2D eigenvalue weighted by molar-refractivity contribution is 9.10. The second-order valence-corrected chi connectivity index (χ2v) is 6.04. The van der Waals surface area contributed by atoms with E-state index in [1.165, 1.54) is 11.5 Å². The minimum Gasteiger partial charge on any atom is -0.293 e. The van der Waals surface area contributed by atoms with Gasteiger partial charge < -0.3 is 0 Å². The molecule has 0 aliphatic heterocycles. The van der Waals surface area contributed by atoms with Crippen LogP contribution in [0.5, 0.6) is 0 Å². The molecule has 0 radical (unpaired) electrons. The summed E-state index contributed by atoms with van der Waals surface area (Å²) in [5, 5.41) is 4.03. The van der Waals surface area contributed by atoms with Crippen LogP contribution in [0.4, 0.5) is 0 Å². The Morgan fingerprint density at radius 1 is 1.44 bits per heavy atom. The Kier molecular flexibility index (Phi) is 4.24. The number of aromatic nitrogens is 2. The van der Waals surface area contributed by atoms with Crippen molar-refractivity contribution in [1.82, 2.24) is 9.59 Å². The van der Waals surface area contributed by atoms with Crippen LogP contribution in [0, 0.1) is 0 Å². The topological polar surface area (TPSA) is 42.9 Å². The Labute approximate surface area is 119 Å². The Balaban J connectivity index is 2.20. The Hall–Kier alpha value is -1.07. The maximum absolute atomic E-state index is 12.2. The first-order chi connectivity index (χ1) is 8.58. The summed E-state index contributed by atoms with van der Waals surface area (Å²) in [5.74, 6) is 0.317. The molecule has 1 aromatic heterocycles. The summed E-state index contributed by atoms with van der Waals surface area (Å²) in [6, 6.07) is 7.79. The van der Waals surface area contributed by atoms with Gasteiger partial charge in [0.05, 0.1) is 5.69 Å². The summed E-state index contributed by atoms with van der Waals surface area (Å²) in [7, 11) is 0. The quantitative estimate of drug-likeness (QED) is 0.802. The van der Waals surface area contributed by atoms with E-state index >= 15 is 0 Å². The van der Waals surface area contributed by atoms with E-state index < -0.39 is 0 Å². The van der Waals surface area contributed by atoms with E-state index in [0.717, 1.165) is 15.7 Å². The molecule has 0 atom stereocenters. The van der Waals surface area contributed by atoms with Gasteiger partial charge in [0.1, 0.15) is 4.88 Å². The zero-order chi connectivity index (χ0) is 13.1. The van der Waals surface area contributed by atoms with Gasteiger partial charge >= 0.3 is 0 Å². The van der Waals surface area contributed by atoms with Crippen LogP contribution in [0.1, 0.15) is 40.7 Å². The van der Waals surface area contributed by atoms with Crippen molar-refractivity contribution in [3.05, 3.63) is 44.9 Å². The molecule has 3 nitrogen and oxygen atoms in total. The fourth-order valence-corrected chi connectivity index (χ4v) is 2.88. The number of halogens is 1. The fraction of sp³-hybridized carbons (Fsp3) is 0.308. The zero-order valence-corrected chi connectivity index (χ0v) is 12.6. The van der Waals surface area contributed by atoms with Gasteiger partial charge in [0.25, 0.3) is 0 Å². The first-order valence-electron chi connectivity index (χ1n) is 5.68. The molecule has 0 fully saturated rings. The molecule has 0 spiro atoms. The molecule has 2 rings (SSSR count). The fourth-order valence-electron chi connectivity index (χ4n) is 1.68. The maximum atomic E-state index is 12.2. The van der Waals surface area contributed by atoms with Crippen molar-refractivity contribution in [2.75, 3.05) is 0 Å². The normalized spacial score (nSPS) is 10.9. The van der Waals surface area contributed by atoms with Gasteiger partial charge in [-0.15, -0.1) is 5.10 Å². The molecule has 5 heteroatoms. The molecule has 1 heterocycles. The molecule has 0 bridgehead atoms. The minimum absolute atomic E-state index is 0.0896. The average Bonchev–Trinajstić information content (AvgIpc) is 2.77. The summed E-state index contributed by atoms with van der Waals surface area (Å²) in [6.07, 6.45) is 0.392. The number of benzene rings is 1. The van der Waals surface area contributed by atoms with Crippen LogP contribution in [-0.2, 0) is 6.42 Å². The number of rotatable bonds is 4. The molecule has 2 aromatic rings. The van der Waals surface area contributed by atoms with Crippen LogP contribution in [-0.4, -0.2) is 15.4 Å². The molecule has 0 saturated carbocycles. The lowest BCUT2D eigenvalue weighted by atomic mass is 10.0. The Bertz CT molecular complexity index is 566. The van der Waals surface area contributed by atoms with Crippen molar-refractivity contribution >= 4 is 33.2 Å². The molecule has 0 N–H and O–H groups in total. The van der Waals surface area contributed by atoms with Gasteiger partial charge in [-0.05, 0) is 35.1 Å². The van der Waals surface area contributed by atoms with Gasteiger partial charge in [0.2, 0.25) is 0 Å². The van der Waals surface area contributed by atoms with Crippen molar-refractivity contribution < 1.29 is 4.79 Å². The summed E-state index contributed by atoms with van der Waals surface area (Å²) in [5.41, 5.74) is 1.80. The number of carbonyl (C=O) groups is 1. The van der Waals surface area contributed by atoms with E-state index in [0.29, 0.717) is 11.3 Å². The van der Waals surface area contributed by atoms with Crippen LogP contribution in [0.25, 0.3) is 0 Å². The predicted octanol–water partition coefficient (Wildman–Crippen LogP) is 3.85. The molecule has 94 valence electrons. The highest BCUT2D eigenvalue weighted by Crippen LogP contribution is 2.22. The number of hydrogen-bond acceptors (Lipinski definition) is 4. The number of nitrogens with zero attached hydrogens (tertiary/aromatic N) is 2. The first kappa shape index (κ1) is 13.4. The third-order valence-corrected chi connectivity index (χ3v) is 3.84. The van der Waals surface area contributed by atoms with E-state index in [9.17, 15) is 4.79 Å². The number of hydrogen-bond donors (Lipinski definition) is 0. The van der Waals surface area contributed by atoms with Gasteiger partial charge in [0.15, 0.2) is 5.78 Å². The van der Waals surface area contributed by atoms with Crippen molar-refractivity contribution in [3.63, 3.8) is 0 Å². The van der Waals surface area contributed by atoms with E-state index in [2.05, 4.69) is 25.5 Å². The van der Waals surface area contributed by atoms with E-state index in [1.54, 1.807) is 0 Å². The van der Waals surface area contributed by atoms with Crippen molar-refractivity contribution in [1.29, 1.82) is 0 Å². The summed E-state index contributed by atoms with van der Waals surface area (Å²) in [4.78, 5) is 12.9. The molecular formula is C13H13BrN2OS. The van der Waals surface area contributed by atoms with E-state index in [4.69, 9.17) is 0 Å². The number of ketones is 1. The summed E-state index contributed by atoms with van der Waals surface area (Å²) < 4.78 is 4.87. The van der Waals surface area contributed by atoms with E-state index in [1.807, 2.05) is 38.1 Å². The first-order valence-corrected chi connectivity index (χ1v) is 7.24. The van der Waals surface area contributed by atoms with Crippen LogP contribution in [0.15, 0.2) is 28.7 Å². The van der Waals surface area contributed by atoms with E-state index in [-0.39, 0.29) is 11.7 Å². The van der Waals surface area contributed by atoms with Crippen LogP contribution >= 0.6 is 27.5 Å². The minimum atomic E-state index is 0.0896. The predicted molar refractivity (Wildman–Crippen MR) is 76.2 cm³/mol. The van der Waals surface area contributed by atoms with Crippen LogP contribution < -0.4 is 0 Å². The largest absolute Gasteiger partial charge is 0.293 e. The van der Waals surface area contributed by atoms with Crippen molar-refractivity contribution in [3.8, 4) is 0 Å². The third-order valence-electron chi connectivity index (χ3n) is 2.57. The van der Waals surface area contributed by atoms with Gasteiger partial charge in [-0.25, -0.2) is 0 Å². The lowest BCUT2D eigenvalue weighted by Crippen LogP contribution is -2.05. The van der Waals surface area contributed by atoms with Gasteiger partial charge in [-0.2, -0.15) is 0 Å². The Morgan fingerprint density at radius 2 is 2.22 bits per heavy atom. The molecule has 0 aliphatic rings. The lowest BCUT2D eigenvalue weighted by molar-refractivity contribution is 0.0995. The second kappa shape index (κ2) is 5.71. The lowest BCUT2D eigenvalue weighted by Gasteiger charge is -2.04. The van der Waals surface area contributed by atoms with Crippen LogP contribution in [0.3, 0.4) is 0 Å². The molecule has 0 unspecified atom stereocenters. The summed E-state index contributed by atoms with van der Waals surface area (Å²) >= 11 is 4.59. The monoisotopic (exact) mass is 324 g/mol. The summed E-state index contributed by atoms with van der Waals surface area (Å²) in [6.45, 7) is 4.04.